The molecule has 4 atom stereocenters. The molecule has 0 aliphatic heterocycles. The molecule has 16 heavy (non-hydrogen) atoms. The van der Waals surface area contributed by atoms with Gasteiger partial charge in [0.2, 0.25) is 0 Å². The third-order valence-corrected chi connectivity index (χ3v) is 4.49. The van der Waals surface area contributed by atoms with Crippen molar-refractivity contribution in [3.8, 4) is 0 Å². The Labute approximate surface area is 99.8 Å². The molecule has 2 aliphatic carbocycles. The van der Waals surface area contributed by atoms with Crippen LogP contribution in [0, 0.1) is 17.8 Å². The number of hydrogen-bond donors (Lipinski definition) is 2. The van der Waals surface area contributed by atoms with Crippen LogP contribution < -0.4 is 5.32 Å². The van der Waals surface area contributed by atoms with E-state index in [1.807, 2.05) is 0 Å². The first-order valence-electron chi connectivity index (χ1n) is 7.07. The molecule has 0 aromatic carbocycles. The summed E-state index contributed by atoms with van der Waals surface area (Å²) in [6, 6.07) is 1.29. The SMILES string of the molecule is CC1CCC(NC(CCO)C2CC2)C(C)C1. The lowest BCUT2D eigenvalue weighted by atomic mass is 9.79. The summed E-state index contributed by atoms with van der Waals surface area (Å²) in [6.45, 7) is 5.10. The standard InChI is InChI=1S/C14H27NO/c1-10-3-6-13(11(2)9-10)15-14(7-8-16)12-4-5-12/h10-16H,3-9H2,1-2H3. The molecule has 4 unspecified atom stereocenters. The van der Waals surface area contributed by atoms with Crippen LogP contribution in [0.25, 0.3) is 0 Å². The molecule has 0 bridgehead atoms. The Morgan fingerprint density at radius 2 is 1.94 bits per heavy atom. The second-order valence-electron chi connectivity index (χ2n) is 6.12. The Hall–Kier alpha value is -0.0800. The highest BCUT2D eigenvalue weighted by Gasteiger charge is 2.34. The fourth-order valence-electron chi connectivity index (χ4n) is 3.28. The average molecular weight is 225 g/mol. The molecule has 2 heteroatoms. The summed E-state index contributed by atoms with van der Waals surface area (Å²) in [5.41, 5.74) is 0. The van der Waals surface area contributed by atoms with Gasteiger partial charge in [-0.1, -0.05) is 13.8 Å². The van der Waals surface area contributed by atoms with Gasteiger partial charge in [0, 0.05) is 18.7 Å². The van der Waals surface area contributed by atoms with E-state index >= 15 is 0 Å². The summed E-state index contributed by atoms with van der Waals surface area (Å²) < 4.78 is 0. The largest absolute Gasteiger partial charge is 0.396 e. The van der Waals surface area contributed by atoms with Crippen molar-refractivity contribution < 1.29 is 5.11 Å². The van der Waals surface area contributed by atoms with Crippen molar-refractivity contribution >= 4 is 0 Å². The first-order valence-corrected chi connectivity index (χ1v) is 7.07. The zero-order chi connectivity index (χ0) is 11.5. The molecule has 0 heterocycles. The molecule has 2 nitrogen and oxygen atoms in total. The first-order chi connectivity index (χ1) is 7.70. The van der Waals surface area contributed by atoms with Crippen LogP contribution in [-0.2, 0) is 0 Å². The van der Waals surface area contributed by atoms with E-state index < -0.39 is 0 Å². The van der Waals surface area contributed by atoms with Gasteiger partial charge in [0.1, 0.15) is 0 Å². The second-order valence-corrected chi connectivity index (χ2v) is 6.12. The second kappa shape index (κ2) is 5.50. The Kier molecular flexibility index (Phi) is 4.26. The number of hydrogen-bond acceptors (Lipinski definition) is 2. The van der Waals surface area contributed by atoms with Gasteiger partial charge in [0.15, 0.2) is 0 Å². The Balaban J connectivity index is 1.82. The van der Waals surface area contributed by atoms with Crippen LogP contribution in [0.1, 0.15) is 52.4 Å². The maximum atomic E-state index is 9.11. The lowest BCUT2D eigenvalue weighted by Crippen LogP contribution is -2.46. The van der Waals surface area contributed by atoms with Crippen molar-refractivity contribution in [3.05, 3.63) is 0 Å². The van der Waals surface area contributed by atoms with E-state index in [0.717, 1.165) is 24.2 Å². The molecule has 2 rings (SSSR count). The predicted octanol–water partition coefficient (Wildman–Crippen LogP) is 2.56. The van der Waals surface area contributed by atoms with Gasteiger partial charge in [-0.3, -0.25) is 0 Å². The monoisotopic (exact) mass is 225 g/mol. The third kappa shape index (κ3) is 3.21. The first kappa shape index (κ1) is 12.4. The van der Waals surface area contributed by atoms with Crippen LogP contribution in [0.4, 0.5) is 0 Å². The van der Waals surface area contributed by atoms with E-state index in [4.69, 9.17) is 5.11 Å². The molecule has 2 N–H and O–H groups in total. The van der Waals surface area contributed by atoms with E-state index in [-0.39, 0.29) is 0 Å². The highest BCUT2D eigenvalue weighted by molar-refractivity contribution is 4.91. The van der Waals surface area contributed by atoms with Crippen LogP contribution in [0.5, 0.6) is 0 Å². The van der Waals surface area contributed by atoms with Crippen molar-refractivity contribution in [2.24, 2.45) is 17.8 Å². The maximum Gasteiger partial charge on any atom is 0.0445 e. The van der Waals surface area contributed by atoms with Crippen molar-refractivity contribution in [1.29, 1.82) is 0 Å². The van der Waals surface area contributed by atoms with Gasteiger partial charge >= 0.3 is 0 Å². The van der Waals surface area contributed by atoms with Gasteiger partial charge < -0.3 is 10.4 Å². The fourth-order valence-corrected chi connectivity index (χ4v) is 3.28. The average Bonchev–Trinajstić information content (AvgIpc) is 3.04. The molecule has 0 aromatic rings. The summed E-state index contributed by atoms with van der Waals surface area (Å²) in [5.74, 6) is 2.58. The van der Waals surface area contributed by atoms with Crippen molar-refractivity contribution in [1.82, 2.24) is 5.32 Å². The summed E-state index contributed by atoms with van der Waals surface area (Å²) in [6.07, 6.45) is 7.76. The van der Waals surface area contributed by atoms with Crippen LogP contribution in [-0.4, -0.2) is 23.8 Å². The van der Waals surface area contributed by atoms with Gasteiger partial charge in [-0.25, -0.2) is 0 Å². The molecular formula is C14H27NO. The van der Waals surface area contributed by atoms with E-state index in [9.17, 15) is 0 Å². The van der Waals surface area contributed by atoms with Crippen LogP contribution in [0.2, 0.25) is 0 Å². The minimum Gasteiger partial charge on any atom is -0.396 e. The molecule has 0 aromatic heterocycles. The van der Waals surface area contributed by atoms with Crippen molar-refractivity contribution in [2.75, 3.05) is 6.61 Å². The summed E-state index contributed by atoms with van der Waals surface area (Å²) in [4.78, 5) is 0. The fraction of sp³-hybridized carbons (Fsp3) is 1.00. The molecular weight excluding hydrogens is 198 g/mol. The molecule has 0 amide bonds. The molecule has 2 fully saturated rings. The zero-order valence-corrected chi connectivity index (χ0v) is 10.8. The molecule has 2 aliphatic rings. The summed E-state index contributed by atoms with van der Waals surface area (Å²) in [7, 11) is 0. The van der Waals surface area contributed by atoms with Gasteiger partial charge in [-0.05, 0) is 56.3 Å². The van der Waals surface area contributed by atoms with E-state index in [0.29, 0.717) is 18.7 Å². The highest BCUT2D eigenvalue weighted by atomic mass is 16.3. The smallest absolute Gasteiger partial charge is 0.0445 e. The predicted molar refractivity (Wildman–Crippen MR) is 67.3 cm³/mol. The van der Waals surface area contributed by atoms with Gasteiger partial charge in [-0.15, -0.1) is 0 Å². The molecule has 0 spiro atoms. The lowest BCUT2D eigenvalue weighted by Gasteiger charge is -2.36. The van der Waals surface area contributed by atoms with Crippen LogP contribution in [0.15, 0.2) is 0 Å². The quantitative estimate of drug-likeness (QED) is 0.753. The minimum atomic E-state index is 0.339. The number of aliphatic hydroxyl groups excluding tert-OH is 1. The molecule has 0 saturated heterocycles. The molecule has 2 saturated carbocycles. The van der Waals surface area contributed by atoms with Crippen LogP contribution in [0.3, 0.4) is 0 Å². The van der Waals surface area contributed by atoms with Gasteiger partial charge in [0.05, 0.1) is 0 Å². The molecule has 0 radical (unpaired) electrons. The highest BCUT2D eigenvalue weighted by Crippen LogP contribution is 2.36. The normalized spacial score (nSPS) is 37.3. The zero-order valence-electron chi connectivity index (χ0n) is 10.8. The lowest BCUT2D eigenvalue weighted by molar-refractivity contribution is 0.188. The molecule has 94 valence electrons. The summed E-state index contributed by atoms with van der Waals surface area (Å²) in [5, 5.41) is 12.9. The number of nitrogens with one attached hydrogen (secondary N) is 1. The summed E-state index contributed by atoms with van der Waals surface area (Å²) >= 11 is 0. The Morgan fingerprint density at radius 3 is 2.50 bits per heavy atom. The van der Waals surface area contributed by atoms with Crippen LogP contribution >= 0.6 is 0 Å². The Morgan fingerprint density at radius 1 is 1.19 bits per heavy atom. The number of rotatable bonds is 5. The van der Waals surface area contributed by atoms with E-state index in [2.05, 4.69) is 19.2 Å². The van der Waals surface area contributed by atoms with E-state index in [1.165, 1.54) is 32.1 Å². The van der Waals surface area contributed by atoms with Gasteiger partial charge in [0.25, 0.3) is 0 Å². The van der Waals surface area contributed by atoms with Crippen molar-refractivity contribution in [3.63, 3.8) is 0 Å². The topological polar surface area (TPSA) is 32.3 Å². The van der Waals surface area contributed by atoms with Crippen molar-refractivity contribution in [2.45, 2.75) is 64.5 Å². The third-order valence-electron chi connectivity index (χ3n) is 4.49. The Bertz CT molecular complexity index is 215. The van der Waals surface area contributed by atoms with Gasteiger partial charge in [-0.2, -0.15) is 0 Å². The minimum absolute atomic E-state index is 0.339. The van der Waals surface area contributed by atoms with E-state index in [1.54, 1.807) is 0 Å². The number of aliphatic hydroxyl groups is 1. The maximum absolute atomic E-state index is 9.11.